The van der Waals surface area contributed by atoms with Gasteiger partial charge < -0.3 is 10.1 Å². The van der Waals surface area contributed by atoms with Gasteiger partial charge in [-0.3, -0.25) is 0 Å². The second kappa shape index (κ2) is 5.06. The van der Waals surface area contributed by atoms with E-state index in [0.29, 0.717) is 17.7 Å². The zero-order chi connectivity index (χ0) is 13.9. The van der Waals surface area contributed by atoms with E-state index in [1.807, 2.05) is 48.5 Å². The Morgan fingerprint density at radius 1 is 1.15 bits per heavy atom. The van der Waals surface area contributed by atoms with Gasteiger partial charge in [-0.05, 0) is 23.8 Å². The summed E-state index contributed by atoms with van der Waals surface area (Å²) >= 11 is 0. The number of rotatable bonds is 3. The third-order valence-corrected chi connectivity index (χ3v) is 3.28. The fraction of sp³-hybridized carbons (Fsp3) is 0.125. The van der Waals surface area contributed by atoms with Gasteiger partial charge in [0.2, 0.25) is 6.10 Å². The highest BCUT2D eigenvalue weighted by Crippen LogP contribution is 2.33. The molecule has 3 rings (SSSR count). The normalized spacial score (nSPS) is 16.1. The van der Waals surface area contributed by atoms with Gasteiger partial charge >= 0.3 is 5.97 Å². The van der Waals surface area contributed by atoms with Crippen molar-refractivity contribution in [3.8, 4) is 6.07 Å². The molecule has 1 heterocycles. The van der Waals surface area contributed by atoms with E-state index in [-0.39, 0.29) is 0 Å². The highest BCUT2D eigenvalue weighted by molar-refractivity contribution is 5.95. The lowest BCUT2D eigenvalue weighted by molar-refractivity contribution is 0.0477. The van der Waals surface area contributed by atoms with E-state index in [0.717, 1.165) is 11.3 Å². The number of nitrogens with one attached hydrogen (secondary N) is 1. The molecule has 0 spiro atoms. The molecule has 0 radical (unpaired) electrons. The topological polar surface area (TPSA) is 62.1 Å². The number of benzene rings is 2. The summed E-state index contributed by atoms with van der Waals surface area (Å²) in [6.45, 7) is 0.544. The van der Waals surface area contributed by atoms with E-state index in [4.69, 9.17) is 10.00 Å². The molecule has 1 aliphatic heterocycles. The van der Waals surface area contributed by atoms with Gasteiger partial charge in [0.15, 0.2) is 0 Å². The van der Waals surface area contributed by atoms with Gasteiger partial charge in [0.25, 0.3) is 0 Å². The summed E-state index contributed by atoms with van der Waals surface area (Å²) in [5, 5.41) is 12.4. The summed E-state index contributed by atoms with van der Waals surface area (Å²) in [4.78, 5) is 11.7. The Morgan fingerprint density at radius 3 is 2.70 bits per heavy atom. The molecule has 0 saturated heterocycles. The van der Waals surface area contributed by atoms with Crippen LogP contribution in [0.25, 0.3) is 0 Å². The van der Waals surface area contributed by atoms with Crippen LogP contribution in [-0.4, -0.2) is 5.97 Å². The van der Waals surface area contributed by atoms with E-state index in [9.17, 15) is 4.79 Å². The fourth-order valence-corrected chi connectivity index (χ4v) is 2.33. The molecule has 1 N–H and O–H groups in total. The van der Waals surface area contributed by atoms with E-state index < -0.39 is 12.1 Å². The molecule has 0 aliphatic carbocycles. The van der Waals surface area contributed by atoms with Crippen molar-refractivity contribution in [1.82, 2.24) is 0 Å². The number of anilines is 1. The summed E-state index contributed by atoms with van der Waals surface area (Å²) in [6, 6.07) is 17.2. The number of fused-ring (bicyclic) bond motifs is 1. The maximum atomic E-state index is 11.7. The van der Waals surface area contributed by atoms with Crippen LogP contribution in [0.3, 0.4) is 0 Å². The minimum Gasteiger partial charge on any atom is -0.438 e. The summed E-state index contributed by atoms with van der Waals surface area (Å²) < 4.78 is 5.05. The molecule has 1 unspecified atom stereocenters. The highest BCUT2D eigenvalue weighted by atomic mass is 16.5. The zero-order valence-corrected chi connectivity index (χ0v) is 10.7. The molecule has 1 atom stereocenters. The van der Waals surface area contributed by atoms with Gasteiger partial charge in [0, 0.05) is 17.8 Å². The van der Waals surface area contributed by atoms with Crippen molar-refractivity contribution in [2.75, 3.05) is 5.32 Å². The van der Waals surface area contributed by atoms with Crippen molar-refractivity contribution in [3.63, 3.8) is 0 Å². The van der Waals surface area contributed by atoms with Crippen molar-refractivity contribution in [2.24, 2.45) is 0 Å². The largest absolute Gasteiger partial charge is 0.438 e. The number of esters is 1. The second-order valence-corrected chi connectivity index (χ2v) is 4.51. The maximum Gasteiger partial charge on any atom is 0.340 e. The number of carbonyl (C=O) groups excluding carboxylic acids is 1. The number of para-hydroxylation sites is 1. The lowest BCUT2D eigenvalue weighted by Gasteiger charge is -2.10. The van der Waals surface area contributed by atoms with Crippen molar-refractivity contribution in [3.05, 3.63) is 65.2 Å². The lowest BCUT2D eigenvalue weighted by atomic mass is 9.99. The van der Waals surface area contributed by atoms with E-state index in [1.165, 1.54) is 0 Å². The van der Waals surface area contributed by atoms with E-state index in [1.54, 1.807) is 6.07 Å². The molecule has 0 fully saturated rings. The second-order valence-electron chi connectivity index (χ2n) is 4.51. The molecule has 0 amide bonds. The van der Waals surface area contributed by atoms with Gasteiger partial charge in [-0.25, -0.2) is 4.79 Å². The molecule has 0 bridgehead atoms. The predicted octanol–water partition coefficient (Wildman–Crippen LogP) is 3.03. The van der Waals surface area contributed by atoms with Gasteiger partial charge in [-0.15, -0.1) is 0 Å². The average Bonchev–Trinajstić information content (AvgIpc) is 2.83. The number of nitriles is 1. The summed E-state index contributed by atoms with van der Waals surface area (Å²) in [7, 11) is 0. The van der Waals surface area contributed by atoms with Crippen molar-refractivity contribution in [2.45, 2.75) is 12.6 Å². The van der Waals surface area contributed by atoms with Crippen LogP contribution in [0, 0.1) is 11.3 Å². The third kappa shape index (κ3) is 2.10. The number of nitrogens with zero attached hydrogens (tertiary/aromatic N) is 1. The molecule has 4 nitrogen and oxygen atoms in total. The van der Waals surface area contributed by atoms with Crippen LogP contribution in [0.15, 0.2) is 48.5 Å². The number of cyclic esters (lactones) is 1. The lowest BCUT2D eigenvalue weighted by Crippen LogP contribution is -2.04. The highest BCUT2D eigenvalue weighted by Gasteiger charge is 2.32. The monoisotopic (exact) mass is 264 g/mol. The molecular formula is C16H12N2O2. The number of ether oxygens (including phenoxy) is 1. The van der Waals surface area contributed by atoms with Crippen LogP contribution in [0.5, 0.6) is 0 Å². The van der Waals surface area contributed by atoms with Crippen molar-refractivity contribution >= 4 is 11.7 Å². The van der Waals surface area contributed by atoms with Crippen molar-refractivity contribution < 1.29 is 9.53 Å². The minimum absolute atomic E-state index is 0.423. The van der Waals surface area contributed by atoms with Gasteiger partial charge in [-0.1, -0.05) is 30.3 Å². The minimum atomic E-state index is -0.800. The summed E-state index contributed by atoms with van der Waals surface area (Å²) in [6.07, 6.45) is -0.800. The van der Waals surface area contributed by atoms with Crippen LogP contribution in [0.4, 0.5) is 5.69 Å². The molecule has 1 aliphatic rings. The first-order chi connectivity index (χ1) is 9.79. The zero-order valence-electron chi connectivity index (χ0n) is 10.7. The predicted molar refractivity (Wildman–Crippen MR) is 74.0 cm³/mol. The van der Waals surface area contributed by atoms with Crippen LogP contribution >= 0.6 is 0 Å². The first-order valence-electron chi connectivity index (χ1n) is 6.31. The molecule has 2 aromatic rings. The first-order valence-corrected chi connectivity index (χ1v) is 6.31. The molecule has 4 heteroatoms. The average molecular weight is 264 g/mol. The van der Waals surface area contributed by atoms with Crippen LogP contribution < -0.4 is 5.32 Å². The third-order valence-electron chi connectivity index (χ3n) is 3.28. The smallest absolute Gasteiger partial charge is 0.340 e. The Hall–Kier alpha value is -2.80. The number of hydrogen-bond donors (Lipinski definition) is 1. The SMILES string of the molecule is N#CC1OC(=O)c2cccc(CNc3ccccc3)c21. The van der Waals surface area contributed by atoms with E-state index >= 15 is 0 Å². The Morgan fingerprint density at radius 2 is 1.95 bits per heavy atom. The fourth-order valence-electron chi connectivity index (χ4n) is 2.33. The summed E-state index contributed by atoms with van der Waals surface area (Å²) in [5.74, 6) is -0.423. The Kier molecular flexibility index (Phi) is 3.10. The van der Waals surface area contributed by atoms with Crippen LogP contribution in [-0.2, 0) is 11.3 Å². The quantitative estimate of drug-likeness (QED) is 0.865. The van der Waals surface area contributed by atoms with Gasteiger partial charge in [-0.2, -0.15) is 5.26 Å². The first kappa shape index (κ1) is 12.2. The van der Waals surface area contributed by atoms with Crippen LogP contribution in [0.1, 0.15) is 27.6 Å². The van der Waals surface area contributed by atoms with Gasteiger partial charge in [0.05, 0.1) is 5.56 Å². The molecule has 20 heavy (non-hydrogen) atoms. The van der Waals surface area contributed by atoms with Crippen molar-refractivity contribution in [1.29, 1.82) is 5.26 Å². The Labute approximate surface area is 116 Å². The molecule has 98 valence electrons. The number of carbonyl (C=O) groups is 1. The van der Waals surface area contributed by atoms with Crippen LogP contribution in [0.2, 0.25) is 0 Å². The molecule has 0 saturated carbocycles. The van der Waals surface area contributed by atoms with E-state index in [2.05, 4.69) is 5.32 Å². The maximum absolute atomic E-state index is 11.7. The summed E-state index contributed by atoms with van der Waals surface area (Å²) in [5.41, 5.74) is 3.07. The number of hydrogen-bond acceptors (Lipinski definition) is 4. The Balaban J connectivity index is 1.89. The molecular weight excluding hydrogens is 252 g/mol. The Bertz CT molecular complexity index is 689. The molecule has 2 aromatic carbocycles. The standard InChI is InChI=1S/C16H12N2O2/c17-9-14-15-11(5-4-8-13(15)16(19)20-14)10-18-12-6-2-1-3-7-12/h1-8,14,18H,10H2. The van der Waals surface area contributed by atoms with Gasteiger partial charge in [0.1, 0.15) is 6.07 Å². The molecule has 0 aromatic heterocycles.